The van der Waals surface area contributed by atoms with Crippen molar-refractivity contribution in [2.24, 2.45) is 17.1 Å². The molecular formula is C16H29N3O2. The zero-order valence-electron chi connectivity index (χ0n) is 13.8. The molecule has 1 aliphatic carbocycles. The number of hydrogen-bond acceptors (Lipinski definition) is 5. The van der Waals surface area contributed by atoms with Crippen LogP contribution >= 0.6 is 0 Å². The van der Waals surface area contributed by atoms with Crippen molar-refractivity contribution in [3.63, 3.8) is 0 Å². The molecule has 1 aromatic rings. The van der Waals surface area contributed by atoms with Crippen molar-refractivity contribution in [2.75, 3.05) is 13.2 Å². The number of nitrogens with zero attached hydrogens (tertiary/aromatic N) is 2. The van der Waals surface area contributed by atoms with Crippen molar-refractivity contribution >= 4 is 0 Å². The van der Waals surface area contributed by atoms with Crippen molar-refractivity contribution in [1.29, 1.82) is 0 Å². The zero-order chi connectivity index (χ0) is 15.5. The van der Waals surface area contributed by atoms with E-state index in [2.05, 4.69) is 30.9 Å². The van der Waals surface area contributed by atoms with E-state index in [9.17, 15) is 0 Å². The Morgan fingerprint density at radius 3 is 2.52 bits per heavy atom. The molecule has 1 aromatic heterocycles. The molecule has 0 amide bonds. The molecule has 2 rings (SSSR count). The standard InChI is InChI=1S/C16H29N3O2/c1-5-20-10-13(17)14-18-15(21-19-14)11-6-8-12(9-7-11)16(2,3)4/h11-13H,5-10,17H2,1-4H3. The highest BCUT2D eigenvalue weighted by atomic mass is 16.5. The summed E-state index contributed by atoms with van der Waals surface area (Å²) in [5.41, 5.74) is 6.39. The van der Waals surface area contributed by atoms with Crippen LogP contribution in [0.2, 0.25) is 0 Å². The predicted octanol–water partition coefficient (Wildman–Crippen LogP) is 3.43. The molecule has 2 N–H and O–H groups in total. The van der Waals surface area contributed by atoms with E-state index in [-0.39, 0.29) is 6.04 Å². The highest BCUT2D eigenvalue weighted by Gasteiger charge is 2.32. The topological polar surface area (TPSA) is 74.2 Å². The molecule has 21 heavy (non-hydrogen) atoms. The van der Waals surface area contributed by atoms with Gasteiger partial charge in [-0.05, 0) is 43.9 Å². The van der Waals surface area contributed by atoms with Gasteiger partial charge in [0.1, 0.15) is 0 Å². The van der Waals surface area contributed by atoms with Crippen molar-refractivity contribution in [1.82, 2.24) is 10.1 Å². The number of aromatic nitrogens is 2. The molecule has 5 nitrogen and oxygen atoms in total. The van der Waals surface area contributed by atoms with Gasteiger partial charge in [0.2, 0.25) is 5.89 Å². The quantitative estimate of drug-likeness (QED) is 0.900. The minimum Gasteiger partial charge on any atom is -0.380 e. The fourth-order valence-electron chi connectivity index (χ4n) is 3.09. The fourth-order valence-corrected chi connectivity index (χ4v) is 3.09. The van der Waals surface area contributed by atoms with E-state index >= 15 is 0 Å². The third-order valence-electron chi connectivity index (χ3n) is 4.59. The Bertz CT molecular complexity index is 431. The molecule has 120 valence electrons. The summed E-state index contributed by atoms with van der Waals surface area (Å²) in [7, 11) is 0. The van der Waals surface area contributed by atoms with Crippen molar-refractivity contribution in [3.8, 4) is 0 Å². The lowest BCUT2D eigenvalue weighted by Gasteiger charge is -2.35. The molecular weight excluding hydrogens is 266 g/mol. The Labute approximate surface area is 127 Å². The predicted molar refractivity (Wildman–Crippen MR) is 81.9 cm³/mol. The molecule has 5 heteroatoms. The Morgan fingerprint density at radius 2 is 1.95 bits per heavy atom. The second kappa shape index (κ2) is 6.88. The van der Waals surface area contributed by atoms with Crippen molar-refractivity contribution in [3.05, 3.63) is 11.7 Å². The molecule has 0 spiro atoms. The maximum atomic E-state index is 5.99. The summed E-state index contributed by atoms with van der Waals surface area (Å²) in [5, 5.41) is 4.02. The molecule has 1 atom stereocenters. The monoisotopic (exact) mass is 295 g/mol. The van der Waals surface area contributed by atoms with Gasteiger partial charge in [-0.3, -0.25) is 0 Å². The summed E-state index contributed by atoms with van der Waals surface area (Å²) in [6.07, 6.45) is 4.72. The average Bonchev–Trinajstić information content (AvgIpc) is 2.94. The maximum absolute atomic E-state index is 5.99. The van der Waals surface area contributed by atoms with E-state index < -0.39 is 0 Å². The number of rotatable bonds is 5. The first-order chi connectivity index (χ1) is 9.91. The van der Waals surface area contributed by atoms with Gasteiger partial charge in [-0.1, -0.05) is 25.9 Å². The van der Waals surface area contributed by atoms with Gasteiger partial charge < -0.3 is 15.0 Å². The SMILES string of the molecule is CCOCC(N)c1noc(C2CCC(C(C)(C)C)CC2)n1. The highest BCUT2D eigenvalue weighted by molar-refractivity contribution is 5.00. The minimum atomic E-state index is -0.298. The lowest BCUT2D eigenvalue weighted by atomic mass is 9.70. The van der Waals surface area contributed by atoms with Crippen LogP contribution in [0.5, 0.6) is 0 Å². The Kier molecular flexibility index (Phi) is 5.38. The van der Waals surface area contributed by atoms with E-state index in [0.717, 1.165) is 24.7 Å². The first kappa shape index (κ1) is 16.4. The Morgan fingerprint density at radius 1 is 1.29 bits per heavy atom. The molecule has 1 heterocycles. The van der Waals surface area contributed by atoms with Gasteiger partial charge in [-0.25, -0.2) is 0 Å². The van der Waals surface area contributed by atoms with Crippen LogP contribution in [-0.4, -0.2) is 23.4 Å². The summed E-state index contributed by atoms with van der Waals surface area (Å²) in [6, 6.07) is -0.298. The molecule has 0 radical (unpaired) electrons. The van der Waals surface area contributed by atoms with Crippen LogP contribution in [0.15, 0.2) is 4.52 Å². The molecule has 0 aromatic carbocycles. The largest absolute Gasteiger partial charge is 0.380 e. The molecule has 0 aliphatic heterocycles. The van der Waals surface area contributed by atoms with E-state index in [1.165, 1.54) is 12.8 Å². The lowest BCUT2D eigenvalue weighted by molar-refractivity contribution is 0.130. The Balaban J connectivity index is 1.91. The van der Waals surface area contributed by atoms with Gasteiger partial charge in [0.25, 0.3) is 0 Å². The summed E-state index contributed by atoms with van der Waals surface area (Å²) in [4.78, 5) is 4.49. The lowest BCUT2D eigenvalue weighted by Crippen LogP contribution is -2.25. The van der Waals surface area contributed by atoms with E-state index in [4.69, 9.17) is 15.0 Å². The summed E-state index contributed by atoms with van der Waals surface area (Å²) < 4.78 is 10.7. The second-order valence-corrected chi connectivity index (χ2v) is 7.17. The smallest absolute Gasteiger partial charge is 0.229 e. The molecule has 0 saturated heterocycles. The van der Waals surface area contributed by atoms with Gasteiger partial charge in [-0.15, -0.1) is 0 Å². The first-order valence-electron chi connectivity index (χ1n) is 8.08. The first-order valence-corrected chi connectivity index (χ1v) is 8.08. The van der Waals surface area contributed by atoms with Crippen molar-refractivity contribution in [2.45, 2.75) is 65.3 Å². The van der Waals surface area contributed by atoms with Gasteiger partial charge in [0.15, 0.2) is 5.82 Å². The van der Waals surface area contributed by atoms with E-state index in [1.807, 2.05) is 6.92 Å². The maximum Gasteiger partial charge on any atom is 0.229 e. The van der Waals surface area contributed by atoms with Gasteiger partial charge in [-0.2, -0.15) is 4.98 Å². The van der Waals surface area contributed by atoms with Crippen LogP contribution in [0, 0.1) is 11.3 Å². The van der Waals surface area contributed by atoms with Crippen molar-refractivity contribution < 1.29 is 9.26 Å². The third-order valence-corrected chi connectivity index (χ3v) is 4.59. The van der Waals surface area contributed by atoms with Crippen LogP contribution in [0.4, 0.5) is 0 Å². The normalized spacial score (nSPS) is 25.0. The van der Waals surface area contributed by atoms with Crippen LogP contribution < -0.4 is 5.73 Å². The van der Waals surface area contributed by atoms with Gasteiger partial charge in [0.05, 0.1) is 12.6 Å². The number of nitrogens with two attached hydrogens (primary N) is 1. The van der Waals surface area contributed by atoms with Gasteiger partial charge in [0, 0.05) is 12.5 Å². The molecule has 1 saturated carbocycles. The zero-order valence-corrected chi connectivity index (χ0v) is 13.8. The Hall–Kier alpha value is -0.940. The third kappa shape index (κ3) is 4.27. The minimum absolute atomic E-state index is 0.298. The van der Waals surface area contributed by atoms with Crippen LogP contribution in [-0.2, 0) is 4.74 Å². The number of hydrogen-bond donors (Lipinski definition) is 1. The molecule has 1 fully saturated rings. The van der Waals surface area contributed by atoms with Crippen LogP contribution in [0.25, 0.3) is 0 Å². The van der Waals surface area contributed by atoms with E-state index in [0.29, 0.717) is 30.4 Å². The second-order valence-electron chi connectivity index (χ2n) is 7.17. The van der Waals surface area contributed by atoms with Crippen LogP contribution in [0.3, 0.4) is 0 Å². The number of ether oxygens (including phenoxy) is 1. The molecule has 1 unspecified atom stereocenters. The summed E-state index contributed by atoms with van der Waals surface area (Å²) in [6.45, 7) is 10.0. The highest BCUT2D eigenvalue weighted by Crippen LogP contribution is 2.42. The van der Waals surface area contributed by atoms with Gasteiger partial charge >= 0.3 is 0 Å². The van der Waals surface area contributed by atoms with E-state index in [1.54, 1.807) is 0 Å². The summed E-state index contributed by atoms with van der Waals surface area (Å²) in [5.74, 6) is 2.50. The fraction of sp³-hybridized carbons (Fsp3) is 0.875. The summed E-state index contributed by atoms with van der Waals surface area (Å²) >= 11 is 0. The van der Waals surface area contributed by atoms with Crippen LogP contribution in [0.1, 0.15) is 77.1 Å². The molecule has 0 bridgehead atoms. The molecule has 1 aliphatic rings. The average molecular weight is 295 g/mol.